The number of nitriles is 1. The van der Waals surface area contributed by atoms with Gasteiger partial charge in [0.2, 0.25) is 0 Å². The molecule has 0 heterocycles. The minimum atomic E-state index is -4.66. The lowest BCUT2D eigenvalue weighted by molar-refractivity contribution is -0.112. The first kappa shape index (κ1) is 30.8. The third kappa shape index (κ3) is 9.47. The molecule has 40 heavy (non-hydrogen) atoms. The maximum absolute atomic E-state index is 13.7. The van der Waals surface area contributed by atoms with Crippen LogP contribution in [0.3, 0.4) is 0 Å². The van der Waals surface area contributed by atoms with Gasteiger partial charge in [-0.05, 0) is 79.5 Å². The number of carbonyl (C=O) groups excluding carboxylic acids is 1. The molecule has 9 heteroatoms. The smallest absolute Gasteiger partial charge is 0.368 e. The number of hydrogen-bond donors (Lipinski definition) is 2. The van der Waals surface area contributed by atoms with Gasteiger partial charge >= 0.3 is 6.18 Å². The minimum Gasteiger partial charge on any atom is -0.368 e. The first-order valence-corrected chi connectivity index (χ1v) is 13.8. The van der Waals surface area contributed by atoms with Crippen molar-refractivity contribution in [3.63, 3.8) is 0 Å². The van der Waals surface area contributed by atoms with Crippen LogP contribution < -0.4 is 10.6 Å². The molecule has 0 aliphatic heterocycles. The van der Waals surface area contributed by atoms with E-state index in [1.807, 2.05) is 30.5 Å². The van der Waals surface area contributed by atoms with Crippen molar-refractivity contribution in [2.45, 2.75) is 45.4 Å². The van der Waals surface area contributed by atoms with Gasteiger partial charge in [-0.2, -0.15) is 18.4 Å². The van der Waals surface area contributed by atoms with E-state index in [-0.39, 0.29) is 12.1 Å². The molecule has 1 unspecified atom stereocenters. The van der Waals surface area contributed by atoms with Crippen molar-refractivity contribution < 1.29 is 22.7 Å². The second kappa shape index (κ2) is 14.6. The lowest BCUT2D eigenvalue weighted by Crippen LogP contribution is -2.22. The van der Waals surface area contributed by atoms with Crippen molar-refractivity contribution >= 4 is 29.0 Å². The van der Waals surface area contributed by atoms with E-state index in [9.17, 15) is 23.2 Å². The Morgan fingerprint density at radius 1 is 1.20 bits per heavy atom. The van der Waals surface area contributed by atoms with Crippen LogP contribution in [0.15, 0.2) is 94.9 Å². The van der Waals surface area contributed by atoms with Crippen LogP contribution in [0.1, 0.15) is 50.3 Å². The van der Waals surface area contributed by atoms with Crippen LogP contribution in [0.4, 0.5) is 24.5 Å². The van der Waals surface area contributed by atoms with Crippen molar-refractivity contribution in [1.82, 2.24) is 0 Å². The highest BCUT2D eigenvalue weighted by Gasteiger charge is 2.33. The van der Waals surface area contributed by atoms with Gasteiger partial charge in [-0.3, -0.25) is 4.79 Å². The standard InChI is InChI=1S/C31H32F3N3O2S/c1-4-8-25(31(32,33)34)18-28(36-26-11-6-9-23(16-26)19-35)30(38)37-27-12-7-10-24(17-27)29(21(3)40-15-5-2)39-20-22-13-14-22/h5-12,15-18,22,29,36H,3-4,13-14,20H2,1-2H3,(H,37,38)/b15-5-,25-8-,28-18-. The quantitative estimate of drug-likeness (QED) is 0.187. The van der Waals surface area contributed by atoms with Crippen molar-refractivity contribution in [2.75, 3.05) is 17.2 Å². The zero-order chi connectivity index (χ0) is 29.1. The number of alkyl halides is 3. The second-order valence-electron chi connectivity index (χ2n) is 9.23. The van der Waals surface area contributed by atoms with Gasteiger partial charge in [-0.25, -0.2) is 0 Å². The van der Waals surface area contributed by atoms with E-state index in [0.29, 0.717) is 29.5 Å². The fraction of sp³-hybridized carbons (Fsp3) is 0.290. The lowest BCUT2D eigenvalue weighted by Gasteiger charge is -2.21. The van der Waals surface area contributed by atoms with Crippen molar-refractivity contribution in [3.8, 4) is 6.07 Å². The zero-order valence-electron chi connectivity index (χ0n) is 22.4. The van der Waals surface area contributed by atoms with Gasteiger partial charge in [0.25, 0.3) is 5.91 Å². The van der Waals surface area contributed by atoms with Crippen LogP contribution in [-0.2, 0) is 9.53 Å². The maximum atomic E-state index is 13.7. The van der Waals surface area contributed by atoms with Gasteiger partial charge in [0, 0.05) is 16.3 Å². The van der Waals surface area contributed by atoms with Gasteiger partial charge in [0.1, 0.15) is 11.8 Å². The number of benzene rings is 2. The van der Waals surface area contributed by atoms with Crippen molar-refractivity contribution in [1.29, 1.82) is 5.26 Å². The van der Waals surface area contributed by atoms with E-state index in [2.05, 4.69) is 17.2 Å². The Hall–Kier alpha value is -3.74. The molecule has 1 atom stereocenters. The third-order valence-corrected chi connectivity index (χ3v) is 6.78. The Labute approximate surface area is 237 Å². The number of rotatable bonds is 13. The van der Waals surface area contributed by atoms with Crippen LogP contribution in [-0.4, -0.2) is 18.7 Å². The molecule has 5 nitrogen and oxygen atoms in total. The summed E-state index contributed by atoms with van der Waals surface area (Å²) in [5.41, 5.74) is 0.472. The highest BCUT2D eigenvalue weighted by Crippen LogP contribution is 2.37. The van der Waals surface area contributed by atoms with E-state index in [4.69, 9.17) is 4.74 Å². The largest absolute Gasteiger partial charge is 0.416 e. The Balaban J connectivity index is 1.91. The summed E-state index contributed by atoms with van der Waals surface area (Å²) in [7, 11) is 0. The number of thioether (sulfide) groups is 1. The lowest BCUT2D eigenvalue weighted by atomic mass is 10.1. The fourth-order valence-corrected chi connectivity index (χ4v) is 4.34. The molecule has 2 aromatic rings. The highest BCUT2D eigenvalue weighted by atomic mass is 32.2. The first-order valence-electron chi connectivity index (χ1n) is 12.9. The van der Waals surface area contributed by atoms with E-state index in [0.717, 1.165) is 35.5 Å². The first-order chi connectivity index (χ1) is 19.1. The topological polar surface area (TPSA) is 74.2 Å². The molecule has 0 radical (unpaired) electrons. The SMILES string of the molecule is C=C(S/C=C\C)C(OCC1CC1)c1cccc(NC(=O)/C(=C/C(=C/CC)C(F)(F)F)Nc2cccc(C#N)c2)c1. The third-order valence-electron chi connectivity index (χ3n) is 5.86. The number of halogens is 3. The molecular weight excluding hydrogens is 535 g/mol. The van der Waals surface area contributed by atoms with E-state index >= 15 is 0 Å². The number of anilines is 2. The van der Waals surface area contributed by atoms with Crippen molar-refractivity contribution in [2.24, 2.45) is 5.92 Å². The fourth-order valence-electron chi connectivity index (χ4n) is 3.70. The highest BCUT2D eigenvalue weighted by molar-refractivity contribution is 8.05. The predicted octanol–water partition coefficient (Wildman–Crippen LogP) is 8.64. The van der Waals surface area contributed by atoms with Crippen molar-refractivity contribution in [3.05, 3.63) is 106 Å². The number of ether oxygens (including phenoxy) is 1. The van der Waals surface area contributed by atoms with Crippen LogP contribution in [0.5, 0.6) is 0 Å². The number of hydrogen-bond acceptors (Lipinski definition) is 5. The molecule has 1 aliphatic carbocycles. The van der Waals surface area contributed by atoms with Crippen LogP contribution in [0.25, 0.3) is 0 Å². The van der Waals surface area contributed by atoms with Crippen LogP contribution >= 0.6 is 11.8 Å². The summed E-state index contributed by atoms with van der Waals surface area (Å²) >= 11 is 1.45. The maximum Gasteiger partial charge on any atom is 0.416 e. The Morgan fingerprint density at radius 2 is 1.90 bits per heavy atom. The molecule has 2 N–H and O–H groups in total. The zero-order valence-corrected chi connectivity index (χ0v) is 23.2. The van der Waals surface area contributed by atoms with Crippen LogP contribution in [0.2, 0.25) is 0 Å². The summed E-state index contributed by atoms with van der Waals surface area (Å²) < 4.78 is 47.3. The molecule has 0 saturated heterocycles. The average molecular weight is 568 g/mol. The molecule has 210 valence electrons. The summed E-state index contributed by atoms with van der Waals surface area (Å²) in [4.78, 5) is 14.1. The van der Waals surface area contributed by atoms with Gasteiger partial charge in [-0.1, -0.05) is 43.9 Å². The summed E-state index contributed by atoms with van der Waals surface area (Å²) in [6.45, 7) is 8.25. The Kier molecular flexibility index (Phi) is 11.2. The van der Waals surface area contributed by atoms with E-state index < -0.39 is 23.8 Å². The second-order valence-corrected chi connectivity index (χ2v) is 10.3. The molecule has 1 amide bonds. The number of carbonyl (C=O) groups is 1. The molecule has 2 aromatic carbocycles. The number of nitrogens with one attached hydrogen (secondary N) is 2. The molecule has 1 aliphatic rings. The monoisotopic (exact) mass is 567 g/mol. The summed E-state index contributed by atoms with van der Waals surface area (Å²) in [6.07, 6.45) is 0.991. The number of allylic oxidation sites excluding steroid dienone is 4. The average Bonchev–Trinajstić information content (AvgIpc) is 3.75. The molecular formula is C31H32F3N3O2S. The van der Waals surface area contributed by atoms with Gasteiger partial charge in [-0.15, -0.1) is 11.8 Å². The molecule has 3 rings (SSSR count). The minimum absolute atomic E-state index is 0.129. The van der Waals surface area contributed by atoms with Gasteiger partial charge < -0.3 is 15.4 Å². The Morgan fingerprint density at radius 3 is 2.52 bits per heavy atom. The van der Waals surface area contributed by atoms with E-state index in [1.54, 1.807) is 43.3 Å². The van der Waals surface area contributed by atoms with E-state index in [1.165, 1.54) is 17.8 Å². The van der Waals surface area contributed by atoms with Gasteiger partial charge in [0.15, 0.2) is 0 Å². The predicted molar refractivity (Wildman–Crippen MR) is 155 cm³/mol. The summed E-state index contributed by atoms with van der Waals surface area (Å²) in [5, 5.41) is 16.6. The normalized spacial score (nSPS) is 15.0. The molecule has 0 aromatic heterocycles. The Bertz CT molecular complexity index is 1340. The van der Waals surface area contributed by atoms with Gasteiger partial charge in [0.05, 0.1) is 23.8 Å². The molecule has 0 bridgehead atoms. The number of amides is 1. The summed E-state index contributed by atoms with van der Waals surface area (Å²) in [6, 6.07) is 15.1. The number of nitrogens with zero attached hydrogens (tertiary/aromatic N) is 1. The summed E-state index contributed by atoms with van der Waals surface area (Å²) in [5.74, 6) is -0.245. The molecule has 1 saturated carbocycles. The molecule has 1 fully saturated rings. The molecule has 0 spiro atoms. The van der Waals surface area contributed by atoms with Crippen LogP contribution in [0, 0.1) is 17.2 Å².